The van der Waals surface area contributed by atoms with Crippen LogP contribution in [0.5, 0.6) is 0 Å². The lowest BCUT2D eigenvalue weighted by atomic mass is 9.94. The summed E-state index contributed by atoms with van der Waals surface area (Å²) in [5.74, 6) is 2.58. The predicted molar refractivity (Wildman–Crippen MR) is 122 cm³/mol. The maximum Gasteiger partial charge on any atom is 0.252 e. The van der Waals surface area contributed by atoms with Crippen molar-refractivity contribution in [1.29, 1.82) is 0 Å². The molecule has 2 aromatic rings. The van der Waals surface area contributed by atoms with Crippen molar-refractivity contribution in [3.8, 4) is 0 Å². The van der Waals surface area contributed by atoms with E-state index in [-0.39, 0.29) is 5.91 Å². The molecule has 0 bridgehead atoms. The number of piperidine rings is 2. The quantitative estimate of drug-likeness (QED) is 0.813. The van der Waals surface area contributed by atoms with Crippen LogP contribution in [0.4, 0.5) is 5.82 Å². The standard InChI is InChI=1S/C25H34N4O/c1-18-10-13-28(14-11-18)16-19-5-4-12-29(17-19)24-15-22(25(30)26-20-8-9-20)21-6-2-3-7-23(21)27-24/h2-3,6-7,15,18-20H,4-5,8-14,16-17H2,1H3,(H,26,30). The van der Waals surface area contributed by atoms with Gasteiger partial charge in [-0.15, -0.1) is 0 Å². The number of benzene rings is 1. The fourth-order valence-corrected chi connectivity index (χ4v) is 5.03. The number of hydrogen-bond acceptors (Lipinski definition) is 4. The first-order valence-corrected chi connectivity index (χ1v) is 11.8. The Morgan fingerprint density at radius 2 is 1.90 bits per heavy atom. The molecule has 1 aromatic carbocycles. The first-order chi connectivity index (χ1) is 14.7. The molecule has 2 aliphatic heterocycles. The minimum absolute atomic E-state index is 0.0494. The highest BCUT2D eigenvalue weighted by molar-refractivity contribution is 6.07. The van der Waals surface area contributed by atoms with E-state index in [0.29, 0.717) is 12.0 Å². The van der Waals surface area contributed by atoms with Gasteiger partial charge >= 0.3 is 0 Å². The molecule has 3 aliphatic rings. The maximum absolute atomic E-state index is 12.9. The van der Waals surface area contributed by atoms with Crippen molar-refractivity contribution < 1.29 is 4.79 Å². The number of nitrogens with zero attached hydrogens (tertiary/aromatic N) is 3. The van der Waals surface area contributed by atoms with Gasteiger partial charge in [0.1, 0.15) is 5.82 Å². The topological polar surface area (TPSA) is 48.5 Å². The van der Waals surface area contributed by atoms with E-state index < -0.39 is 0 Å². The Bertz CT molecular complexity index is 901. The molecule has 5 heteroatoms. The number of amides is 1. The van der Waals surface area contributed by atoms with Crippen LogP contribution in [0.2, 0.25) is 0 Å². The molecule has 2 saturated heterocycles. The largest absolute Gasteiger partial charge is 0.356 e. The van der Waals surface area contributed by atoms with Crippen molar-refractivity contribution in [3.63, 3.8) is 0 Å². The van der Waals surface area contributed by atoms with E-state index in [1.54, 1.807) is 0 Å². The SMILES string of the molecule is CC1CCN(CC2CCCN(c3cc(C(=O)NC4CC4)c4ccccc4n3)C2)CC1. The molecule has 0 spiro atoms. The fraction of sp³-hybridized carbons (Fsp3) is 0.600. The molecule has 1 saturated carbocycles. The van der Waals surface area contributed by atoms with E-state index in [2.05, 4.69) is 22.0 Å². The number of hydrogen-bond donors (Lipinski definition) is 1. The second-order valence-corrected chi connectivity index (χ2v) is 9.73. The number of nitrogens with one attached hydrogen (secondary N) is 1. The van der Waals surface area contributed by atoms with E-state index in [9.17, 15) is 4.79 Å². The lowest BCUT2D eigenvalue weighted by Crippen LogP contribution is -2.43. The van der Waals surface area contributed by atoms with Crippen LogP contribution in [-0.2, 0) is 0 Å². The third-order valence-corrected chi connectivity index (χ3v) is 7.10. The van der Waals surface area contributed by atoms with Crippen LogP contribution in [0.3, 0.4) is 0 Å². The molecule has 160 valence electrons. The summed E-state index contributed by atoms with van der Waals surface area (Å²) in [5, 5.41) is 4.12. The summed E-state index contributed by atoms with van der Waals surface area (Å²) < 4.78 is 0. The summed E-state index contributed by atoms with van der Waals surface area (Å²) in [6, 6.07) is 10.4. The fourth-order valence-electron chi connectivity index (χ4n) is 5.03. The Balaban J connectivity index is 1.35. The van der Waals surface area contributed by atoms with Crippen LogP contribution in [0, 0.1) is 11.8 Å². The summed E-state index contributed by atoms with van der Waals surface area (Å²) in [7, 11) is 0. The van der Waals surface area contributed by atoms with Gasteiger partial charge in [-0.05, 0) is 75.6 Å². The molecule has 5 nitrogen and oxygen atoms in total. The average molecular weight is 407 g/mol. The second kappa shape index (κ2) is 8.54. The summed E-state index contributed by atoms with van der Waals surface area (Å²) in [6.07, 6.45) is 7.37. The molecule has 5 rings (SSSR count). The van der Waals surface area contributed by atoms with Crippen LogP contribution in [0.15, 0.2) is 30.3 Å². The lowest BCUT2D eigenvalue weighted by molar-refractivity contribution is 0.0952. The van der Waals surface area contributed by atoms with Crippen molar-refractivity contribution in [1.82, 2.24) is 15.2 Å². The Morgan fingerprint density at radius 1 is 1.10 bits per heavy atom. The van der Waals surface area contributed by atoms with Gasteiger partial charge < -0.3 is 15.1 Å². The van der Waals surface area contributed by atoms with E-state index in [0.717, 1.165) is 54.1 Å². The van der Waals surface area contributed by atoms with Crippen LogP contribution >= 0.6 is 0 Å². The number of para-hydroxylation sites is 1. The highest BCUT2D eigenvalue weighted by Gasteiger charge is 2.27. The van der Waals surface area contributed by atoms with Crippen molar-refractivity contribution >= 4 is 22.6 Å². The van der Waals surface area contributed by atoms with Gasteiger partial charge in [0.25, 0.3) is 5.91 Å². The second-order valence-electron chi connectivity index (χ2n) is 9.73. The van der Waals surface area contributed by atoms with Crippen molar-refractivity contribution in [2.24, 2.45) is 11.8 Å². The zero-order valence-corrected chi connectivity index (χ0v) is 18.1. The van der Waals surface area contributed by atoms with Gasteiger partial charge in [-0.25, -0.2) is 4.98 Å². The molecule has 3 fully saturated rings. The zero-order chi connectivity index (χ0) is 20.5. The van der Waals surface area contributed by atoms with Crippen LogP contribution < -0.4 is 10.2 Å². The van der Waals surface area contributed by atoms with E-state index in [1.807, 2.05) is 30.3 Å². The third-order valence-electron chi connectivity index (χ3n) is 7.10. The summed E-state index contributed by atoms with van der Waals surface area (Å²) in [5.41, 5.74) is 1.69. The Hall–Kier alpha value is -2.14. The van der Waals surface area contributed by atoms with Crippen LogP contribution in [-0.4, -0.2) is 54.6 Å². The highest BCUT2D eigenvalue weighted by atomic mass is 16.1. The molecule has 3 heterocycles. The monoisotopic (exact) mass is 406 g/mol. The van der Waals surface area contributed by atoms with E-state index >= 15 is 0 Å². The number of anilines is 1. The van der Waals surface area contributed by atoms with Crippen molar-refractivity contribution in [2.75, 3.05) is 37.6 Å². The van der Waals surface area contributed by atoms with Gasteiger partial charge in [-0.1, -0.05) is 25.1 Å². The minimum Gasteiger partial charge on any atom is -0.356 e. The summed E-state index contributed by atoms with van der Waals surface area (Å²) >= 11 is 0. The molecular weight excluding hydrogens is 372 g/mol. The summed E-state index contributed by atoms with van der Waals surface area (Å²) in [6.45, 7) is 8.15. The molecule has 1 aromatic heterocycles. The third kappa shape index (κ3) is 4.46. The molecule has 1 N–H and O–H groups in total. The summed E-state index contributed by atoms with van der Waals surface area (Å²) in [4.78, 5) is 23.0. The van der Waals surface area contributed by atoms with Crippen LogP contribution in [0.1, 0.15) is 55.8 Å². The first-order valence-electron chi connectivity index (χ1n) is 11.8. The Morgan fingerprint density at radius 3 is 2.70 bits per heavy atom. The predicted octanol–water partition coefficient (Wildman–Crippen LogP) is 4.08. The van der Waals surface area contributed by atoms with Crippen molar-refractivity contribution in [2.45, 2.75) is 51.5 Å². The molecule has 1 unspecified atom stereocenters. The molecular formula is C25H34N4O. The smallest absolute Gasteiger partial charge is 0.252 e. The number of aromatic nitrogens is 1. The Kier molecular flexibility index (Phi) is 5.64. The number of carbonyl (C=O) groups is 1. The van der Waals surface area contributed by atoms with Gasteiger partial charge in [0.05, 0.1) is 11.1 Å². The highest BCUT2D eigenvalue weighted by Crippen LogP contribution is 2.29. The first kappa shape index (κ1) is 19.8. The van der Waals surface area contributed by atoms with Gasteiger partial charge in [-0.3, -0.25) is 4.79 Å². The van der Waals surface area contributed by atoms with Gasteiger partial charge in [0, 0.05) is 31.1 Å². The zero-order valence-electron chi connectivity index (χ0n) is 18.1. The number of likely N-dealkylation sites (tertiary alicyclic amines) is 1. The van der Waals surface area contributed by atoms with E-state index in [1.165, 1.54) is 45.3 Å². The number of carbonyl (C=O) groups excluding carboxylic acids is 1. The lowest BCUT2D eigenvalue weighted by Gasteiger charge is -2.38. The number of rotatable bonds is 5. The average Bonchev–Trinajstić information content (AvgIpc) is 3.59. The molecule has 1 aliphatic carbocycles. The molecule has 1 atom stereocenters. The molecule has 30 heavy (non-hydrogen) atoms. The normalized spacial score (nSPS) is 23.6. The van der Waals surface area contributed by atoms with Gasteiger partial charge in [0.2, 0.25) is 0 Å². The molecule has 1 amide bonds. The molecule has 0 radical (unpaired) electrons. The number of fused-ring (bicyclic) bond motifs is 1. The van der Waals surface area contributed by atoms with Gasteiger partial charge in [0.15, 0.2) is 0 Å². The van der Waals surface area contributed by atoms with Crippen LogP contribution in [0.25, 0.3) is 10.9 Å². The Labute approximate surface area is 179 Å². The number of pyridine rings is 1. The van der Waals surface area contributed by atoms with Crippen molar-refractivity contribution in [3.05, 3.63) is 35.9 Å². The van der Waals surface area contributed by atoms with E-state index in [4.69, 9.17) is 4.98 Å². The van der Waals surface area contributed by atoms with Gasteiger partial charge in [-0.2, -0.15) is 0 Å². The minimum atomic E-state index is 0.0494. The maximum atomic E-state index is 12.9.